The van der Waals surface area contributed by atoms with E-state index in [4.69, 9.17) is 4.74 Å². The Kier molecular flexibility index (Phi) is 3.57. The zero-order valence-corrected chi connectivity index (χ0v) is 12.9. The Morgan fingerprint density at radius 1 is 1.48 bits per heavy atom. The van der Waals surface area contributed by atoms with Crippen molar-refractivity contribution in [3.05, 3.63) is 24.3 Å². The summed E-state index contributed by atoms with van der Waals surface area (Å²) < 4.78 is 5.24. The number of para-hydroxylation sites is 2. The molecule has 0 saturated carbocycles. The van der Waals surface area contributed by atoms with Crippen molar-refractivity contribution in [3.63, 3.8) is 0 Å². The number of amides is 2. The standard InChI is InChI=1S/C15H18N2O3S/c1-15-8-7-13(18)17(15)11(9-21-15)14(19)16-10-5-3-4-6-12(10)20-2/h3-6,11H,7-9H2,1-2H3,(H,16,19)/t11-,15+/m0/s1. The summed E-state index contributed by atoms with van der Waals surface area (Å²) in [5.41, 5.74) is 0.634. The first kappa shape index (κ1) is 14.3. The third kappa shape index (κ3) is 2.37. The van der Waals surface area contributed by atoms with Gasteiger partial charge in [-0.05, 0) is 25.5 Å². The van der Waals surface area contributed by atoms with Crippen LogP contribution in [0.5, 0.6) is 5.75 Å². The molecule has 2 heterocycles. The Balaban J connectivity index is 1.79. The first-order valence-corrected chi connectivity index (χ1v) is 7.94. The highest BCUT2D eigenvalue weighted by Crippen LogP contribution is 2.47. The molecule has 1 aromatic rings. The van der Waals surface area contributed by atoms with Crippen molar-refractivity contribution < 1.29 is 14.3 Å². The molecule has 0 aromatic heterocycles. The molecule has 2 aliphatic rings. The van der Waals surface area contributed by atoms with Crippen LogP contribution in [0.3, 0.4) is 0 Å². The van der Waals surface area contributed by atoms with Gasteiger partial charge in [-0.3, -0.25) is 9.59 Å². The predicted molar refractivity (Wildman–Crippen MR) is 82.4 cm³/mol. The number of benzene rings is 1. The fraction of sp³-hybridized carbons (Fsp3) is 0.467. The fourth-order valence-corrected chi connectivity index (χ4v) is 4.41. The smallest absolute Gasteiger partial charge is 0.248 e. The number of rotatable bonds is 3. The van der Waals surface area contributed by atoms with E-state index >= 15 is 0 Å². The number of ether oxygens (including phenoxy) is 1. The van der Waals surface area contributed by atoms with E-state index in [2.05, 4.69) is 5.32 Å². The molecular formula is C15H18N2O3S. The van der Waals surface area contributed by atoms with Crippen molar-refractivity contribution in [1.82, 2.24) is 4.90 Å². The predicted octanol–water partition coefficient (Wildman–Crippen LogP) is 2.09. The molecule has 21 heavy (non-hydrogen) atoms. The SMILES string of the molecule is COc1ccccc1NC(=O)[C@@H]1CS[C@]2(C)CCC(=O)N12. The average molecular weight is 306 g/mol. The molecule has 0 bridgehead atoms. The maximum atomic E-state index is 12.5. The number of thioether (sulfide) groups is 1. The van der Waals surface area contributed by atoms with Crippen LogP contribution in [-0.4, -0.2) is 40.5 Å². The van der Waals surface area contributed by atoms with Gasteiger partial charge in [-0.25, -0.2) is 0 Å². The zero-order chi connectivity index (χ0) is 15.0. The van der Waals surface area contributed by atoms with Gasteiger partial charge in [0, 0.05) is 12.2 Å². The summed E-state index contributed by atoms with van der Waals surface area (Å²) in [6, 6.07) is 6.88. The first-order chi connectivity index (χ1) is 10.0. The van der Waals surface area contributed by atoms with Crippen molar-refractivity contribution in [2.24, 2.45) is 0 Å². The molecule has 6 heteroatoms. The molecule has 2 fully saturated rings. The highest BCUT2D eigenvalue weighted by Gasteiger charge is 2.52. The maximum Gasteiger partial charge on any atom is 0.248 e. The van der Waals surface area contributed by atoms with Crippen LogP contribution in [0.4, 0.5) is 5.69 Å². The van der Waals surface area contributed by atoms with Gasteiger partial charge in [0.05, 0.1) is 17.7 Å². The van der Waals surface area contributed by atoms with Gasteiger partial charge in [0.15, 0.2) is 0 Å². The minimum Gasteiger partial charge on any atom is -0.495 e. The number of hydrogen-bond donors (Lipinski definition) is 1. The van der Waals surface area contributed by atoms with Gasteiger partial charge in [0.1, 0.15) is 11.8 Å². The molecule has 5 nitrogen and oxygen atoms in total. The molecule has 1 aromatic carbocycles. The number of hydrogen-bond acceptors (Lipinski definition) is 4. The van der Waals surface area contributed by atoms with Crippen LogP contribution in [0.1, 0.15) is 19.8 Å². The lowest BCUT2D eigenvalue weighted by molar-refractivity contribution is -0.135. The number of nitrogens with one attached hydrogen (secondary N) is 1. The van der Waals surface area contributed by atoms with Gasteiger partial charge in [-0.1, -0.05) is 12.1 Å². The van der Waals surface area contributed by atoms with E-state index in [0.29, 0.717) is 23.6 Å². The summed E-state index contributed by atoms with van der Waals surface area (Å²) in [5.74, 6) is 1.18. The first-order valence-electron chi connectivity index (χ1n) is 6.95. The highest BCUT2D eigenvalue weighted by atomic mass is 32.2. The molecule has 0 radical (unpaired) electrons. The van der Waals surface area contributed by atoms with E-state index in [1.54, 1.807) is 35.9 Å². The van der Waals surface area contributed by atoms with Gasteiger partial charge in [-0.2, -0.15) is 0 Å². The Bertz CT molecular complexity index is 592. The summed E-state index contributed by atoms with van der Waals surface area (Å²) in [6.07, 6.45) is 1.34. The number of methoxy groups -OCH3 is 1. The third-order valence-electron chi connectivity index (χ3n) is 4.11. The van der Waals surface area contributed by atoms with E-state index in [1.807, 2.05) is 19.1 Å². The Labute approximate surface area is 128 Å². The third-order valence-corrected chi connectivity index (χ3v) is 5.62. The normalized spacial score (nSPS) is 27.6. The van der Waals surface area contributed by atoms with Crippen molar-refractivity contribution in [1.29, 1.82) is 0 Å². The number of fused-ring (bicyclic) bond motifs is 1. The lowest BCUT2D eigenvalue weighted by atomic mass is 10.2. The largest absolute Gasteiger partial charge is 0.495 e. The molecule has 2 atom stereocenters. The van der Waals surface area contributed by atoms with Crippen molar-refractivity contribution in [2.45, 2.75) is 30.7 Å². The second-order valence-corrected chi connectivity index (χ2v) is 6.96. The number of nitrogens with zero attached hydrogens (tertiary/aromatic N) is 1. The fourth-order valence-electron chi connectivity index (χ4n) is 2.98. The van der Waals surface area contributed by atoms with Gasteiger partial charge in [0.25, 0.3) is 0 Å². The van der Waals surface area contributed by atoms with E-state index in [9.17, 15) is 9.59 Å². The zero-order valence-electron chi connectivity index (χ0n) is 12.1. The number of anilines is 1. The molecule has 0 unspecified atom stereocenters. The van der Waals surface area contributed by atoms with Crippen LogP contribution >= 0.6 is 11.8 Å². The van der Waals surface area contributed by atoms with E-state index in [0.717, 1.165) is 6.42 Å². The van der Waals surface area contributed by atoms with Crippen molar-refractivity contribution in [3.8, 4) is 5.75 Å². The van der Waals surface area contributed by atoms with E-state index < -0.39 is 6.04 Å². The molecule has 2 saturated heterocycles. The Hall–Kier alpha value is -1.69. The summed E-state index contributed by atoms with van der Waals surface area (Å²) >= 11 is 1.69. The van der Waals surface area contributed by atoms with Gasteiger partial charge in [0.2, 0.25) is 11.8 Å². The summed E-state index contributed by atoms with van der Waals surface area (Å²) in [5, 5.41) is 2.88. The van der Waals surface area contributed by atoms with Gasteiger partial charge >= 0.3 is 0 Å². The van der Waals surface area contributed by atoms with E-state index in [1.165, 1.54) is 0 Å². The summed E-state index contributed by atoms with van der Waals surface area (Å²) in [4.78, 5) is 26.1. The van der Waals surface area contributed by atoms with Crippen LogP contribution < -0.4 is 10.1 Å². The minimum atomic E-state index is -0.403. The molecule has 2 amide bonds. The van der Waals surface area contributed by atoms with Crippen LogP contribution in [0, 0.1) is 0 Å². The minimum absolute atomic E-state index is 0.0719. The number of carbonyl (C=O) groups is 2. The van der Waals surface area contributed by atoms with Crippen LogP contribution in [0.2, 0.25) is 0 Å². The lowest BCUT2D eigenvalue weighted by Gasteiger charge is -2.29. The van der Waals surface area contributed by atoms with E-state index in [-0.39, 0.29) is 16.7 Å². The van der Waals surface area contributed by atoms with Gasteiger partial charge < -0.3 is 15.0 Å². The molecule has 2 aliphatic heterocycles. The Morgan fingerprint density at radius 2 is 2.24 bits per heavy atom. The molecule has 0 spiro atoms. The molecule has 3 rings (SSSR count). The van der Waals surface area contributed by atoms with Crippen molar-refractivity contribution in [2.75, 3.05) is 18.2 Å². The number of carbonyl (C=O) groups excluding carboxylic acids is 2. The average Bonchev–Trinajstić information content (AvgIpc) is 2.97. The summed E-state index contributed by atoms with van der Waals surface area (Å²) in [6.45, 7) is 2.04. The van der Waals surface area contributed by atoms with Crippen LogP contribution in [0.25, 0.3) is 0 Å². The van der Waals surface area contributed by atoms with Crippen LogP contribution in [-0.2, 0) is 9.59 Å². The molecule has 0 aliphatic carbocycles. The van der Waals surface area contributed by atoms with Crippen LogP contribution in [0.15, 0.2) is 24.3 Å². The van der Waals surface area contributed by atoms with Crippen molar-refractivity contribution >= 4 is 29.3 Å². The molecule has 1 N–H and O–H groups in total. The maximum absolute atomic E-state index is 12.5. The second-order valence-electron chi connectivity index (χ2n) is 5.46. The second kappa shape index (κ2) is 5.26. The Morgan fingerprint density at radius 3 is 3.00 bits per heavy atom. The topological polar surface area (TPSA) is 58.6 Å². The highest BCUT2D eigenvalue weighted by molar-refractivity contribution is 8.01. The molecular weight excluding hydrogens is 288 g/mol. The molecule has 112 valence electrons. The quantitative estimate of drug-likeness (QED) is 0.929. The summed E-state index contributed by atoms with van der Waals surface area (Å²) in [7, 11) is 1.57. The lowest BCUT2D eigenvalue weighted by Crippen LogP contribution is -2.48. The van der Waals surface area contributed by atoms with Gasteiger partial charge in [-0.15, -0.1) is 11.8 Å². The monoisotopic (exact) mass is 306 g/mol.